The van der Waals surface area contributed by atoms with Crippen LogP contribution in [0.5, 0.6) is 0 Å². The smallest absolute Gasteiger partial charge is 0.478 e. The summed E-state index contributed by atoms with van der Waals surface area (Å²) < 4.78 is 93.4. The van der Waals surface area contributed by atoms with Crippen molar-refractivity contribution in [3.8, 4) is 22.4 Å². The highest BCUT2D eigenvalue weighted by Gasteiger charge is 2.49. The van der Waals surface area contributed by atoms with Crippen LogP contribution >= 0.6 is 30.9 Å². The molecule has 6 aromatic rings. The van der Waals surface area contributed by atoms with Crippen LogP contribution < -0.4 is 25.1 Å². The molecule has 0 bridgehead atoms. The summed E-state index contributed by atoms with van der Waals surface area (Å²) in [6, 6.07) is 35.0. The maximum Gasteiger partial charge on any atom is 0.501 e. The summed E-state index contributed by atoms with van der Waals surface area (Å²) in [4.78, 5) is 19.2. The zero-order chi connectivity index (χ0) is 50.8. The Balaban J connectivity index is 1.00. The van der Waals surface area contributed by atoms with Crippen molar-refractivity contribution >= 4 is 74.7 Å². The van der Waals surface area contributed by atoms with Gasteiger partial charge >= 0.3 is 19.0 Å². The van der Waals surface area contributed by atoms with Crippen LogP contribution in [0.2, 0.25) is 5.02 Å². The quantitative estimate of drug-likeness (QED) is 0.0667. The van der Waals surface area contributed by atoms with Gasteiger partial charge in [0, 0.05) is 82.8 Å². The molecule has 0 saturated carbocycles. The van der Waals surface area contributed by atoms with Crippen molar-refractivity contribution in [1.82, 2.24) is 9.47 Å². The van der Waals surface area contributed by atoms with Crippen molar-refractivity contribution in [2.24, 2.45) is 0 Å². The summed E-state index contributed by atoms with van der Waals surface area (Å²) in [5, 5.41) is 14.0. The predicted octanol–water partition coefficient (Wildman–Crippen LogP) is 12.0. The predicted molar refractivity (Wildman–Crippen MR) is 281 cm³/mol. The van der Waals surface area contributed by atoms with Gasteiger partial charge in [0.2, 0.25) is 0 Å². The van der Waals surface area contributed by atoms with Gasteiger partial charge in [0.1, 0.15) is 11.2 Å². The van der Waals surface area contributed by atoms with Crippen LogP contribution in [0, 0.1) is 6.92 Å². The first-order chi connectivity index (χ1) is 33.8. The Kier molecular flexibility index (Phi) is 15.3. The number of piperazine rings is 1. The number of thioether (sulfide) groups is 1. The fourth-order valence-electron chi connectivity index (χ4n) is 9.11. The first-order valence-corrected chi connectivity index (χ1v) is 27.4. The second-order valence-corrected chi connectivity index (χ2v) is 23.6. The van der Waals surface area contributed by atoms with Crippen LogP contribution in [0.15, 0.2) is 144 Å². The highest BCUT2D eigenvalue weighted by atomic mass is 35.5. The molecule has 3 heterocycles. The van der Waals surface area contributed by atoms with Crippen LogP contribution in [0.3, 0.4) is 0 Å². The Bertz CT molecular complexity index is 3080. The van der Waals surface area contributed by atoms with Gasteiger partial charge in [-0.15, -0.1) is 11.8 Å². The number of halogens is 4. The number of aromatic carboxylic acids is 1. The van der Waals surface area contributed by atoms with Gasteiger partial charge in [0.05, 0.1) is 27.9 Å². The molecule has 71 heavy (non-hydrogen) atoms. The van der Waals surface area contributed by atoms with Gasteiger partial charge in [-0.3, -0.25) is 4.67 Å². The average Bonchev–Trinajstić information content (AvgIpc) is 3.90. The molecule has 2 atom stereocenters. The summed E-state index contributed by atoms with van der Waals surface area (Å²) in [6.07, 6.45) is 3.10. The van der Waals surface area contributed by atoms with E-state index in [-0.39, 0.29) is 22.6 Å². The second kappa shape index (κ2) is 21.1. The Morgan fingerprint density at radius 3 is 2.13 bits per heavy atom. The Hall–Kier alpha value is -5.84. The van der Waals surface area contributed by atoms with E-state index < -0.39 is 39.8 Å². The highest BCUT2D eigenvalue weighted by molar-refractivity contribution is 7.99. The molecule has 0 radical (unpaired) electrons. The number of aromatic nitrogens is 1. The summed E-state index contributed by atoms with van der Waals surface area (Å²) in [5.74, 6) is -0.572. The fraction of sp³-hybridized carbons (Fsp3) is 0.288. The van der Waals surface area contributed by atoms with Gasteiger partial charge in [0.15, 0.2) is 0 Å². The van der Waals surface area contributed by atoms with Crippen molar-refractivity contribution < 1.29 is 40.6 Å². The molecule has 0 amide bonds. The van der Waals surface area contributed by atoms with Gasteiger partial charge in [-0.1, -0.05) is 54.1 Å². The third-order valence-corrected chi connectivity index (χ3v) is 17.8. The van der Waals surface area contributed by atoms with Gasteiger partial charge in [0.25, 0.3) is 9.84 Å². The molecule has 2 aliphatic heterocycles. The number of rotatable bonds is 17. The van der Waals surface area contributed by atoms with E-state index in [1.165, 1.54) is 41.0 Å². The first kappa shape index (κ1) is 51.5. The number of nitrogens with one attached hydrogen (secondary N) is 1. The minimum Gasteiger partial charge on any atom is -0.478 e. The molecule has 0 spiro atoms. The average molecular weight is 1050 g/mol. The van der Waals surface area contributed by atoms with Crippen molar-refractivity contribution in [2.75, 3.05) is 72.4 Å². The third-order valence-electron chi connectivity index (χ3n) is 12.6. The lowest BCUT2D eigenvalue weighted by Crippen LogP contribution is -2.46. The molecule has 374 valence electrons. The molecule has 1 saturated heterocycles. The summed E-state index contributed by atoms with van der Waals surface area (Å²) in [5.41, 5.74) is 0.370. The molecular weight excluding hydrogens is 992 g/mol. The number of benzene rings is 5. The number of anilines is 4. The number of carboxylic acid groups (broad SMARTS) is 1. The van der Waals surface area contributed by atoms with Gasteiger partial charge in [-0.05, 0) is 138 Å². The van der Waals surface area contributed by atoms with Gasteiger partial charge in [-0.2, -0.15) is 13.2 Å². The number of hydrogen-bond donors (Lipinski definition) is 2. The van der Waals surface area contributed by atoms with E-state index in [0.717, 1.165) is 39.2 Å². The molecule has 1 aromatic heterocycles. The Morgan fingerprint density at radius 1 is 0.859 bits per heavy atom. The minimum absolute atomic E-state index is 0.0180. The van der Waals surface area contributed by atoms with Crippen molar-refractivity contribution in [2.45, 2.75) is 54.6 Å². The fourth-order valence-corrected chi connectivity index (χ4v) is 13.2. The molecular formula is C52H55ClF3N6O6PS2. The van der Waals surface area contributed by atoms with Crippen molar-refractivity contribution in [3.63, 3.8) is 0 Å². The lowest BCUT2D eigenvalue weighted by molar-refractivity contribution is -0.0435. The molecule has 1 fully saturated rings. The van der Waals surface area contributed by atoms with Gasteiger partial charge in [-0.25, -0.2) is 17.8 Å². The molecule has 8 rings (SSSR count). The maximum atomic E-state index is 14.8. The molecule has 2 aliphatic rings. The maximum absolute atomic E-state index is 14.8. The van der Waals surface area contributed by atoms with E-state index in [4.69, 9.17) is 16.1 Å². The van der Waals surface area contributed by atoms with E-state index in [0.29, 0.717) is 66.9 Å². The Labute approximate surface area is 422 Å². The number of hydrogen-bond acceptors (Lipinski definition) is 10. The number of carbonyl (C=O) groups is 1. The summed E-state index contributed by atoms with van der Waals surface area (Å²) >= 11 is 7.76. The monoisotopic (exact) mass is 1050 g/mol. The first-order valence-electron chi connectivity index (χ1n) is 23.0. The lowest BCUT2D eigenvalue weighted by Gasteiger charge is -2.37. The highest BCUT2D eigenvalue weighted by Crippen LogP contribution is 2.57. The molecule has 19 heteroatoms. The zero-order valence-corrected chi connectivity index (χ0v) is 43.1. The van der Waals surface area contributed by atoms with E-state index >= 15 is 0 Å². The summed E-state index contributed by atoms with van der Waals surface area (Å²) in [6.45, 7) is 9.09. The molecule has 1 unspecified atom stereocenters. The summed E-state index contributed by atoms with van der Waals surface area (Å²) in [7, 11) is -6.37. The Morgan fingerprint density at radius 2 is 1.51 bits per heavy atom. The van der Waals surface area contributed by atoms with Crippen molar-refractivity contribution in [1.29, 1.82) is 0 Å². The lowest BCUT2D eigenvalue weighted by atomic mass is 9.96. The molecule has 12 nitrogen and oxygen atoms in total. The van der Waals surface area contributed by atoms with Crippen LogP contribution in [-0.4, -0.2) is 93.1 Å². The molecule has 2 N–H and O–H groups in total. The van der Waals surface area contributed by atoms with Gasteiger partial charge < -0.3 is 34.2 Å². The van der Waals surface area contributed by atoms with E-state index in [9.17, 15) is 36.1 Å². The largest absolute Gasteiger partial charge is 0.501 e. The standard InChI is InChI=1S/C52H55ClF3N6O6PS2/c1-35(2)62-36(3)48(51(63)64)49(50(62)37-14-16-39(53)17-15-37)38-10-9-11-43(32-38)60-28-26-59(27-29-60)41-18-20-42(21-19-41)61-30-31-68-69(61,65)44-22-23-46(47(33-44)71(66,67)52(54,55)56)57-40(24-25-58(4)5)34-70-45-12-7-6-8-13-45/h6-23,30-33,35,40,57H,24-29,34H2,1-5H3,(H,63,64)/t40?,69-/m0/s1. The van der Waals surface area contributed by atoms with Crippen LogP contribution in [0.1, 0.15) is 42.4 Å². The molecule has 5 aromatic carbocycles. The van der Waals surface area contributed by atoms with E-state index in [1.807, 2.05) is 119 Å². The minimum atomic E-state index is -5.92. The van der Waals surface area contributed by atoms with Crippen molar-refractivity contribution in [3.05, 3.63) is 150 Å². The zero-order valence-electron chi connectivity index (χ0n) is 39.8. The van der Waals surface area contributed by atoms with Crippen LogP contribution in [0.4, 0.5) is 35.9 Å². The number of carboxylic acids is 1. The normalized spacial score (nSPS) is 16.7. The SMILES string of the molecule is Cc1c(C(=O)O)c(-c2cccc(N3CCN(c4ccc(N5C=CO[P@@]5(=O)c5ccc(NC(CCN(C)C)CSc6ccccc6)c(S(=O)(=O)C(F)(F)F)c5)cc4)CC3)c2)c(-c2ccc(Cl)cc2)n1C(C)C. The van der Waals surface area contributed by atoms with E-state index in [1.54, 1.807) is 24.3 Å². The molecule has 0 aliphatic carbocycles. The topological polar surface area (TPSA) is 128 Å². The number of alkyl halides is 3. The third kappa shape index (κ3) is 10.8. The number of sulfone groups is 1. The van der Waals surface area contributed by atoms with Crippen LogP contribution in [-0.2, 0) is 18.9 Å². The van der Waals surface area contributed by atoms with Crippen LogP contribution in [0.25, 0.3) is 22.4 Å². The second-order valence-electron chi connectivity index (χ2n) is 17.9. The number of nitrogens with zero attached hydrogens (tertiary/aromatic N) is 5. The van der Waals surface area contributed by atoms with E-state index in [2.05, 4.69) is 19.7 Å².